The Hall–Kier alpha value is -1.63. The van der Waals surface area contributed by atoms with Gasteiger partial charge in [0.15, 0.2) is 0 Å². The molecule has 0 spiro atoms. The van der Waals surface area contributed by atoms with Crippen molar-refractivity contribution in [3.8, 4) is 0 Å². The molecule has 29 heavy (non-hydrogen) atoms. The molecule has 0 saturated carbocycles. The van der Waals surface area contributed by atoms with Crippen LogP contribution in [0.25, 0.3) is 0 Å². The van der Waals surface area contributed by atoms with Crippen molar-refractivity contribution < 1.29 is 14.3 Å². The Morgan fingerprint density at radius 3 is 2.45 bits per heavy atom. The highest BCUT2D eigenvalue weighted by Gasteiger charge is 2.38. The molecule has 0 radical (unpaired) electrons. The van der Waals surface area contributed by atoms with Crippen LogP contribution in [0.1, 0.15) is 36.0 Å². The fourth-order valence-corrected chi connectivity index (χ4v) is 4.75. The number of piperidine rings is 1. The Bertz CT molecular complexity index is 718. The SMILES string of the molecule is COCC1(CNC(=O)C2CC(=O)N(c3c(C)cc(C)cc3C)C2)CCNCC1.Cl. The van der Waals surface area contributed by atoms with Crippen molar-refractivity contribution in [1.82, 2.24) is 10.6 Å². The third-order valence-electron chi connectivity index (χ3n) is 6.15. The molecule has 3 rings (SSSR count). The van der Waals surface area contributed by atoms with E-state index in [-0.39, 0.29) is 42.0 Å². The Labute approximate surface area is 180 Å². The minimum Gasteiger partial charge on any atom is -0.384 e. The number of halogens is 1. The minimum absolute atomic E-state index is 0. The summed E-state index contributed by atoms with van der Waals surface area (Å²) in [6, 6.07) is 4.18. The number of amides is 2. The van der Waals surface area contributed by atoms with Gasteiger partial charge in [0.25, 0.3) is 0 Å². The van der Waals surface area contributed by atoms with Gasteiger partial charge in [-0.2, -0.15) is 0 Å². The van der Waals surface area contributed by atoms with Crippen LogP contribution in [0.5, 0.6) is 0 Å². The average molecular weight is 424 g/mol. The summed E-state index contributed by atoms with van der Waals surface area (Å²) in [5.74, 6) is -0.287. The normalized spacial score (nSPS) is 21.0. The third-order valence-corrected chi connectivity index (χ3v) is 6.15. The monoisotopic (exact) mass is 423 g/mol. The molecule has 2 fully saturated rings. The van der Waals surface area contributed by atoms with Gasteiger partial charge in [0.1, 0.15) is 0 Å². The molecule has 2 aliphatic heterocycles. The average Bonchev–Trinajstić information content (AvgIpc) is 3.02. The number of aryl methyl sites for hydroxylation is 3. The summed E-state index contributed by atoms with van der Waals surface area (Å²) in [6.07, 6.45) is 2.24. The number of hydrogen-bond donors (Lipinski definition) is 2. The minimum atomic E-state index is -0.297. The van der Waals surface area contributed by atoms with E-state index in [0.717, 1.165) is 42.7 Å². The molecule has 0 aliphatic carbocycles. The number of ether oxygens (including phenoxy) is 1. The van der Waals surface area contributed by atoms with Gasteiger partial charge < -0.3 is 20.3 Å². The van der Waals surface area contributed by atoms with Crippen LogP contribution in [-0.4, -0.2) is 51.7 Å². The Morgan fingerprint density at radius 2 is 1.86 bits per heavy atom. The topological polar surface area (TPSA) is 70.7 Å². The second-order valence-electron chi connectivity index (χ2n) is 8.55. The molecule has 162 valence electrons. The molecule has 1 aromatic carbocycles. The summed E-state index contributed by atoms with van der Waals surface area (Å²) in [6.45, 7) is 9.71. The number of carbonyl (C=O) groups excluding carboxylic acids is 2. The molecule has 1 atom stereocenters. The van der Waals surface area contributed by atoms with E-state index in [0.29, 0.717) is 19.7 Å². The Morgan fingerprint density at radius 1 is 1.24 bits per heavy atom. The van der Waals surface area contributed by atoms with Crippen LogP contribution in [-0.2, 0) is 14.3 Å². The van der Waals surface area contributed by atoms with E-state index in [1.165, 1.54) is 5.56 Å². The first kappa shape index (κ1) is 23.6. The fourth-order valence-electron chi connectivity index (χ4n) is 4.75. The highest BCUT2D eigenvalue weighted by atomic mass is 35.5. The van der Waals surface area contributed by atoms with Gasteiger partial charge in [0, 0.05) is 37.7 Å². The fraction of sp³-hybridized carbons (Fsp3) is 0.636. The van der Waals surface area contributed by atoms with Crippen molar-refractivity contribution in [3.63, 3.8) is 0 Å². The van der Waals surface area contributed by atoms with Crippen molar-refractivity contribution in [2.75, 3.05) is 44.8 Å². The Balaban J connectivity index is 0.00000300. The van der Waals surface area contributed by atoms with Crippen molar-refractivity contribution in [1.29, 1.82) is 0 Å². The second kappa shape index (κ2) is 9.92. The summed E-state index contributed by atoms with van der Waals surface area (Å²) in [5, 5.41) is 6.49. The van der Waals surface area contributed by atoms with Crippen molar-refractivity contribution in [2.24, 2.45) is 11.3 Å². The molecule has 2 saturated heterocycles. The lowest BCUT2D eigenvalue weighted by Crippen LogP contribution is -2.48. The summed E-state index contributed by atoms with van der Waals surface area (Å²) >= 11 is 0. The summed E-state index contributed by atoms with van der Waals surface area (Å²) in [4.78, 5) is 27.3. The van der Waals surface area contributed by atoms with E-state index in [1.54, 1.807) is 12.0 Å². The van der Waals surface area contributed by atoms with E-state index >= 15 is 0 Å². The van der Waals surface area contributed by atoms with Crippen molar-refractivity contribution >= 4 is 29.9 Å². The van der Waals surface area contributed by atoms with Crippen LogP contribution < -0.4 is 15.5 Å². The molecule has 0 aromatic heterocycles. The van der Waals surface area contributed by atoms with Gasteiger partial charge in [-0.1, -0.05) is 17.7 Å². The van der Waals surface area contributed by atoms with Crippen LogP contribution in [0.2, 0.25) is 0 Å². The first-order chi connectivity index (χ1) is 13.3. The molecule has 0 bridgehead atoms. The maximum Gasteiger partial charge on any atom is 0.227 e. The van der Waals surface area contributed by atoms with Gasteiger partial charge in [0.05, 0.1) is 12.5 Å². The van der Waals surface area contributed by atoms with Crippen molar-refractivity contribution in [3.05, 3.63) is 28.8 Å². The maximum atomic E-state index is 12.8. The van der Waals surface area contributed by atoms with E-state index < -0.39 is 0 Å². The lowest BCUT2D eigenvalue weighted by atomic mass is 9.79. The van der Waals surface area contributed by atoms with E-state index in [1.807, 2.05) is 13.8 Å². The number of anilines is 1. The van der Waals surface area contributed by atoms with Crippen LogP contribution in [0, 0.1) is 32.1 Å². The molecule has 1 unspecified atom stereocenters. The summed E-state index contributed by atoms with van der Waals surface area (Å²) in [7, 11) is 1.71. The number of hydrogen-bond acceptors (Lipinski definition) is 4. The van der Waals surface area contributed by atoms with Gasteiger partial charge in [0.2, 0.25) is 11.8 Å². The van der Waals surface area contributed by atoms with Gasteiger partial charge in [-0.05, 0) is 57.8 Å². The maximum absolute atomic E-state index is 12.8. The zero-order chi connectivity index (χ0) is 20.3. The van der Waals surface area contributed by atoms with E-state index in [9.17, 15) is 9.59 Å². The van der Waals surface area contributed by atoms with E-state index in [4.69, 9.17) is 4.74 Å². The predicted molar refractivity (Wildman–Crippen MR) is 118 cm³/mol. The highest BCUT2D eigenvalue weighted by molar-refractivity contribution is 6.01. The van der Waals surface area contributed by atoms with Gasteiger partial charge in [-0.3, -0.25) is 9.59 Å². The zero-order valence-electron chi connectivity index (χ0n) is 18.0. The second-order valence-corrected chi connectivity index (χ2v) is 8.55. The molecular formula is C22H34ClN3O3. The number of nitrogens with one attached hydrogen (secondary N) is 2. The van der Waals surface area contributed by atoms with Crippen LogP contribution in [0.15, 0.2) is 12.1 Å². The molecule has 1 aromatic rings. The van der Waals surface area contributed by atoms with Crippen LogP contribution in [0.4, 0.5) is 5.69 Å². The number of rotatable bonds is 6. The number of nitrogens with zero attached hydrogens (tertiary/aromatic N) is 1. The Kier molecular flexibility index (Phi) is 8.09. The zero-order valence-corrected chi connectivity index (χ0v) is 18.8. The van der Waals surface area contributed by atoms with Crippen LogP contribution in [0.3, 0.4) is 0 Å². The lowest BCUT2D eigenvalue weighted by Gasteiger charge is -2.37. The van der Waals surface area contributed by atoms with Gasteiger partial charge in [-0.25, -0.2) is 0 Å². The standard InChI is InChI=1S/C22H33N3O3.ClH/c1-15-9-16(2)20(17(3)10-15)25-12-18(11-19(25)26)21(27)24-13-22(14-28-4)5-7-23-8-6-22;/h9-10,18,23H,5-8,11-14H2,1-4H3,(H,24,27);1H. The number of carbonyl (C=O) groups is 2. The largest absolute Gasteiger partial charge is 0.384 e. The smallest absolute Gasteiger partial charge is 0.227 e. The molecular weight excluding hydrogens is 390 g/mol. The molecule has 2 amide bonds. The third kappa shape index (κ3) is 5.30. The van der Waals surface area contributed by atoms with Crippen molar-refractivity contribution in [2.45, 2.75) is 40.0 Å². The van der Waals surface area contributed by atoms with Gasteiger partial charge >= 0.3 is 0 Å². The molecule has 2 heterocycles. The molecule has 2 aliphatic rings. The predicted octanol–water partition coefficient (Wildman–Crippen LogP) is 2.52. The highest BCUT2D eigenvalue weighted by Crippen LogP contribution is 2.32. The first-order valence-electron chi connectivity index (χ1n) is 10.2. The number of methoxy groups -OCH3 is 1. The summed E-state index contributed by atoms with van der Waals surface area (Å²) in [5.41, 5.74) is 4.30. The van der Waals surface area contributed by atoms with Gasteiger partial charge in [-0.15, -0.1) is 12.4 Å². The lowest BCUT2D eigenvalue weighted by molar-refractivity contribution is -0.127. The van der Waals surface area contributed by atoms with E-state index in [2.05, 4.69) is 29.7 Å². The quantitative estimate of drug-likeness (QED) is 0.737. The molecule has 6 nitrogen and oxygen atoms in total. The number of benzene rings is 1. The molecule has 2 N–H and O–H groups in total. The summed E-state index contributed by atoms with van der Waals surface area (Å²) < 4.78 is 5.43. The molecule has 7 heteroatoms. The van der Waals surface area contributed by atoms with Crippen LogP contribution >= 0.6 is 12.4 Å². The first-order valence-corrected chi connectivity index (χ1v) is 10.2.